The molecule has 15 heteroatoms. The molecular formula is C32H54O15. The number of rotatable bonds is 37. The highest BCUT2D eigenvalue weighted by atomic mass is 16.6. The molecule has 0 amide bonds. The Kier molecular flexibility index (Phi) is 31.9. The van der Waals surface area contributed by atoms with Gasteiger partial charge in [-0.2, -0.15) is 0 Å². The standard InChI is InChI=1S/C32H54O15/c1-35-32(34)29-46-25-24-44-21-20-42-17-16-40-13-12-38-9-8-36-6-7-37-10-11-39-14-15-41-18-19-43-22-23-45-26-27-47-31-4-2-30(28-33)3-5-31/h2-5,28H,6-27,29H2,1H3. The molecule has 0 N–H and O–H groups in total. The van der Waals surface area contributed by atoms with Gasteiger partial charge in [0.25, 0.3) is 0 Å². The molecule has 0 bridgehead atoms. The minimum atomic E-state index is -0.411. The van der Waals surface area contributed by atoms with Gasteiger partial charge in [0, 0.05) is 5.56 Å². The predicted octanol–water partition coefficient (Wildman–Crippen LogP) is 1.23. The first-order valence-corrected chi connectivity index (χ1v) is 15.9. The van der Waals surface area contributed by atoms with Crippen molar-refractivity contribution in [3.8, 4) is 5.75 Å². The van der Waals surface area contributed by atoms with Gasteiger partial charge in [-0.25, -0.2) is 4.79 Å². The summed E-state index contributed by atoms with van der Waals surface area (Å²) < 4.78 is 69.4. The first kappa shape index (κ1) is 42.7. The minimum absolute atomic E-state index is 0.0741. The molecule has 0 saturated heterocycles. The van der Waals surface area contributed by atoms with Crippen molar-refractivity contribution in [2.75, 3.05) is 159 Å². The molecule has 0 radical (unpaired) electrons. The van der Waals surface area contributed by atoms with E-state index in [9.17, 15) is 9.59 Å². The van der Waals surface area contributed by atoms with Gasteiger partial charge in [0.1, 0.15) is 25.2 Å². The number of carbonyl (C=O) groups is 2. The first-order chi connectivity index (χ1) is 23.3. The summed E-state index contributed by atoms with van der Waals surface area (Å²) in [6, 6.07) is 6.92. The maximum Gasteiger partial charge on any atom is 0.331 e. The summed E-state index contributed by atoms with van der Waals surface area (Å²) in [6.07, 6.45) is 0.795. The summed E-state index contributed by atoms with van der Waals surface area (Å²) in [5.41, 5.74) is 0.614. The smallest absolute Gasteiger partial charge is 0.331 e. The lowest BCUT2D eigenvalue weighted by molar-refractivity contribution is -0.146. The molecule has 0 atom stereocenters. The van der Waals surface area contributed by atoms with Crippen molar-refractivity contribution in [3.63, 3.8) is 0 Å². The van der Waals surface area contributed by atoms with E-state index < -0.39 is 5.97 Å². The molecule has 0 heterocycles. The van der Waals surface area contributed by atoms with Crippen molar-refractivity contribution < 1.29 is 71.2 Å². The van der Waals surface area contributed by atoms with Gasteiger partial charge in [0.05, 0.1) is 146 Å². The van der Waals surface area contributed by atoms with E-state index in [1.54, 1.807) is 24.3 Å². The summed E-state index contributed by atoms with van der Waals surface area (Å²) in [6.45, 7) is 10.1. The highest BCUT2D eigenvalue weighted by Gasteiger charge is 2.00. The second kappa shape index (κ2) is 35.0. The van der Waals surface area contributed by atoms with E-state index >= 15 is 0 Å². The SMILES string of the molecule is COC(=O)COCCOCCOCCOCCOCCOCCOCCOCCOCCOCCOCCOc1ccc(C=O)cc1. The maximum atomic E-state index is 10.9. The van der Waals surface area contributed by atoms with E-state index in [0.717, 1.165) is 6.29 Å². The van der Waals surface area contributed by atoms with Crippen LogP contribution >= 0.6 is 0 Å². The molecule has 0 spiro atoms. The Labute approximate surface area is 278 Å². The van der Waals surface area contributed by atoms with E-state index in [2.05, 4.69) is 4.74 Å². The first-order valence-electron chi connectivity index (χ1n) is 15.9. The number of carbonyl (C=O) groups excluding carboxylic acids is 2. The van der Waals surface area contributed by atoms with Gasteiger partial charge in [-0.05, 0) is 24.3 Å². The number of hydrogen-bond acceptors (Lipinski definition) is 15. The van der Waals surface area contributed by atoms with Crippen LogP contribution in [0.3, 0.4) is 0 Å². The maximum absolute atomic E-state index is 10.9. The largest absolute Gasteiger partial charge is 0.491 e. The Balaban J connectivity index is 1.64. The Morgan fingerprint density at radius 2 is 0.723 bits per heavy atom. The van der Waals surface area contributed by atoms with Gasteiger partial charge in [-0.3, -0.25) is 4.79 Å². The van der Waals surface area contributed by atoms with Crippen LogP contribution in [0.1, 0.15) is 10.4 Å². The Morgan fingerprint density at radius 1 is 0.447 bits per heavy atom. The van der Waals surface area contributed by atoms with Crippen LogP contribution in [0.25, 0.3) is 0 Å². The lowest BCUT2D eigenvalue weighted by Gasteiger charge is -2.09. The van der Waals surface area contributed by atoms with Crippen molar-refractivity contribution in [1.29, 1.82) is 0 Å². The molecule has 15 nitrogen and oxygen atoms in total. The van der Waals surface area contributed by atoms with Crippen LogP contribution in [0.2, 0.25) is 0 Å². The van der Waals surface area contributed by atoms with Crippen LogP contribution in [0, 0.1) is 0 Å². The van der Waals surface area contributed by atoms with Crippen LogP contribution < -0.4 is 4.74 Å². The van der Waals surface area contributed by atoms with Crippen LogP contribution in [0.15, 0.2) is 24.3 Å². The van der Waals surface area contributed by atoms with Crippen molar-refractivity contribution in [2.24, 2.45) is 0 Å². The van der Waals surface area contributed by atoms with Gasteiger partial charge >= 0.3 is 5.97 Å². The van der Waals surface area contributed by atoms with Crippen LogP contribution in [-0.4, -0.2) is 171 Å². The molecule has 0 aliphatic rings. The molecule has 0 aliphatic heterocycles. The van der Waals surface area contributed by atoms with Crippen molar-refractivity contribution in [2.45, 2.75) is 0 Å². The molecule has 47 heavy (non-hydrogen) atoms. The molecule has 1 aromatic carbocycles. The zero-order valence-electron chi connectivity index (χ0n) is 27.8. The van der Waals surface area contributed by atoms with Gasteiger partial charge in [0.15, 0.2) is 0 Å². The van der Waals surface area contributed by atoms with Crippen molar-refractivity contribution in [3.05, 3.63) is 29.8 Å². The predicted molar refractivity (Wildman–Crippen MR) is 168 cm³/mol. The Morgan fingerprint density at radius 3 is 1.00 bits per heavy atom. The van der Waals surface area contributed by atoms with Crippen LogP contribution in [0.4, 0.5) is 0 Å². The highest BCUT2D eigenvalue weighted by molar-refractivity contribution is 5.74. The average Bonchev–Trinajstić information content (AvgIpc) is 3.10. The number of hydrogen-bond donors (Lipinski definition) is 0. The summed E-state index contributed by atoms with van der Waals surface area (Å²) in [5, 5.41) is 0. The summed E-state index contributed by atoms with van der Waals surface area (Å²) in [5.74, 6) is 0.289. The summed E-state index contributed by atoms with van der Waals surface area (Å²) in [7, 11) is 1.31. The molecule has 0 aliphatic carbocycles. The van der Waals surface area contributed by atoms with Gasteiger partial charge < -0.3 is 61.6 Å². The van der Waals surface area contributed by atoms with Crippen molar-refractivity contribution >= 4 is 12.3 Å². The third kappa shape index (κ3) is 30.8. The van der Waals surface area contributed by atoms with E-state index in [1.807, 2.05) is 0 Å². The fraction of sp³-hybridized carbons (Fsp3) is 0.750. The molecule has 272 valence electrons. The lowest BCUT2D eigenvalue weighted by Crippen LogP contribution is -2.16. The molecule has 0 fully saturated rings. The zero-order valence-corrected chi connectivity index (χ0v) is 27.8. The van der Waals surface area contributed by atoms with Crippen LogP contribution in [0.5, 0.6) is 5.75 Å². The topological polar surface area (TPSA) is 154 Å². The molecule has 0 aromatic heterocycles. The minimum Gasteiger partial charge on any atom is -0.491 e. The summed E-state index contributed by atoms with van der Waals surface area (Å²) in [4.78, 5) is 21.5. The second-order valence-corrected chi connectivity index (χ2v) is 9.29. The van der Waals surface area contributed by atoms with E-state index in [0.29, 0.717) is 157 Å². The molecule has 0 saturated carbocycles. The number of methoxy groups -OCH3 is 1. The normalized spacial score (nSPS) is 11.2. The van der Waals surface area contributed by atoms with Crippen molar-refractivity contribution in [1.82, 2.24) is 0 Å². The van der Waals surface area contributed by atoms with Crippen LogP contribution in [-0.2, 0) is 61.6 Å². The number of aldehydes is 1. The Hall–Kier alpha value is -2.28. The third-order valence-corrected chi connectivity index (χ3v) is 5.68. The fourth-order valence-corrected chi connectivity index (χ4v) is 3.27. The quantitative estimate of drug-likeness (QED) is 0.0563. The third-order valence-electron chi connectivity index (χ3n) is 5.68. The number of ether oxygens (including phenoxy) is 13. The van der Waals surface area contributed by atoms with E-state index in [4.69, 9.17) is 56.8 Å². The number of esters is 1. The van der Waals surface area contributed by atoms with Gasteiger partial charge in [-0.15, -0.1) is 0 Å². The molecule has 0 unspecified atom stereocenters. The molecule has 1 aromatic rings. The lowest BCUT2D eigenvalue weighted by atomic mass is 10.2. The highest BCUT2D eigenvalue weighted by Crippen LogP contribution is 2.10. The second-order valence-electron chi connectivity index (χ2n) is 9.29. The summed E-state index contributed by atoms with van der Waals surface area (Å²) >= 11 is 0. The average molecular weight is 679 g/mol. The molecule has 1 rings (SSSR count). The monoisotopic (exact) mass is 678 g/mol. The van der Waals surface area contributed by atoms with E-state index in [1.165, 1.54) is 7.11 Å². The number of benzene rings is 1. The van der Waals surface area contributed by atoms with Gasteiger partial charge in [0.2, 0.25) is 0 Å². The van der Waals surface area contributed by atoms with E-state index in [-0.39, 0.29) is 6.61 Å². The zero-order chi connectivity index (χ0) is 33.7. The van der Waals surface area contributed by atoms with Gasteiger partial charge in [-0.1, -0.05) is 0 Å². The Bertz CT molecular complexity index is 812. The molecular weight excluding hydrogens is 624 g/mol. The fourth-order valence-electron chi connectivity index (χ4n) is 3.27.